The Morgan fingerprint density at radius 2 is 2.14 bits per heavy atom. The number of hydrogen-bond donors (Lipinski definition) is 2. The van der Waals surface area contributed by atoms with E-state index in [1.165, 1.54) is 0 Å². The maximum absolute atomic E-state index is 12.2. The van der Waals surface area contributed by atoms with Gasteiger partial charge in [-0.15, -0.1) is 0 Å². The highest BCUT2D eigenvalue weighted by Gasteiger charge is 2.25. The monoisotopic (exact) mass is 404 g/mol. The number of piperazine rings is 1. The van der Waals surface area contributed by atoms with Crippen LogP contribution in [0.1, 0.15) is 39.3 Å². The number of alkyl carbamates (subject to hydrolysis) is 1. The summed E-state index contributed by atoms with van der Waals surface area (Å²) in [5.74, 6) is 0.574. The van der Waals surface area contributed by atoms with Crippen molar-refractivity contribution in [3.8, 4) is 0 Å². The highest BCUT2D eigenvalue weighted by molar-refractivity contribution is 6.35. The number of rotatable bonds is 3. The van der Waals surface area contributed by atoms with Gasteiger partial charge in [0, 0.05) is 24.0 Å². The zero-order valence-corrected chi connectivity index (χ0v) is 17.3. The van der Waals surface area contributed by atoms with Crippen molar-refractivity contribution in [1.82, 2.24) is 15.6 Å². The first-order chi connectivity index (χ1) is 13.1. The number of para-hydroxylation sites is 1. The summed E-state index contributed by atoms with van der Waals surface area (Å²) < 4.78 is 5.37. The third-order valence-electron chi connectivity index (χ3n) is 4.34. The number of anilines is 1. The van der Waals surface area contributed by atoms with Gasteiger partial charge in [-0.25, -0.2) is 9.78 Å². The fourth-order valence-electron chi connectivity index (χ4n) is 3.12. The van der Waals surface area contributed by atoms with Gasteiger partial charge in [-0.1, -0.05) is 23.7 Å². The van der Waals surface area contributed by atoms with Gasteiger partial charge in [0.1, 0.15) is 11.4 Å². The summed E-state index contributed by atoms with van der Waals surface area (Å²) in [6.07, 6.45) is -0.506. The molecule has 0 spiro atoms. The van der Waals surface area contributed by atoms with Gasteiger partial charge in [0.2, 0.25) is 5.91 Å². The van der Waals surface area contributed by atoms with E-state index in [-0.39, 0.29) is 18.5 Å². The first-order valence-corrected chi connectivity index (χ1v) is 9.62. The van der Waals surface area contributed by atoms with Crippen LogP contribution in [0.5, 0.6) is 0 Å². The molecule has 0 radical (unpaired) electrons. The zero-order valence-electron chi connectivity index (χ0n) is 16.5. The number of ether oxygens (including phenoxy) is 1. The Morgan fingerprint density at radius 1 is 1.39 bits per heavy atom. The number of hydrogen-bond acceptors (Lipinski definition) is 5. The number of carbonyl (C=O) groups excluding carboxylic acids is 2. The van der Waals surface area contributed by atoms with Crippen LogP contribution in [0, 0.1) is 0 Å². The standard InChI is InChI=1S/C20H25ClN4O3/c1-12(23-19(27)28-20(2,3)4)14-10-13-6-5-7-15(21)17(13)24-18(14)25-9-8-22-16(26)11-25/h5-7,10,12H,8-9,11H2,1-4H3,(H,22,26)(H,23,27)/t12-/m1/s1. The number of fused-ring (bicyclic) bond motifs is 1. The largest absolute Gasteiger partial charge is 0.444 e. The molecule has 1 fully saturated rings. The maximum atomic E-state index is 12.2. The average molecular weight is 405 g/mol. The van der Waals surface area contributed by atoms with Crippen LogP contribution in [0.3, 0.4) is 0 Å². The SMILES string of the molecule is C[C@@H](NC(=O)OC(C)(C)C)c1cc2cccc(Cl)c2nc1N1CCNC(=O)C1. The lowest BCUT2D eigenvalue weighted by Crippen LogP contribution is -2.48. The number of nitrogens with one attached hydrogen (secondary N) is 2. The van der Waals surface area contributed by atoms with Crippen LogP contribution in [-0.2, 0) is 9.53 Å². The second-order valence-corrected chi connectivity index (χ2v) is 8.26. The molecule has 28 heavy (non-hydrogen) atoms. The number of halogens is 1. The van der Waals surface area contributed by atoms with Crippen molar-refractivity contribution in [2.45, 2.75) is 39.3 Å². The van der Waals surface area contributed by atoms with Gasteiger partial charge < -0.3 is 20.3 Å². The highest BCUT2D eigenvalue weighted by Crippen LogP contribution is 2.32. The smallest absolute Gasteiger partial charge is 0.408 e. The summed E-state index contributed by atoms with van der Waals surface area (Å²) in [6.45, 7) is 8.67. The highest BCUT2D eigenvalue weighted by atomic mass is 35.5. The van der Waals surface area contributed by atoms with E-state index >= 15 is 0 Å². The number of pyridine rings is 1. The molecule has 8 heteroatoms. The quantitative estimate of drug-likeness (QED) is 0.819. The van der Waals surface area contributed by atoms with Crippen molar-refractivity contribution < 1.29 is 14.3 Å². The van der Waals surface area contributed by atoms with Gasteiger partial charge in [0.25, 0.3) is 0 Å². The van der Waals surface area contributed by atoms with Crippen LogP contribution >= 0.6 is 11.6 Å². The fourth-order valence-corrected chi connectivity index (χ4v) is 3.35. The Bertz CT molecular complexity index is 910. The molecule has 0 saturated carbocycles. The molecule has 150 valence electrons. The molecule has 1 aliphatic heterocycles. The van der Waals surface area contributed by atoms with Gasteiger partial charge in [-0.3, -0.25) is 4.79 Å². The predicted octanol–water partition coefficient (Wildman–Crippen LogP) is 3.41. The molecule has 1 aromatic heterocycles. The Labute approximate surface area is 169 Å². The van der Waals surface area contributed by atoms with Crippen molar-refractivity contribution in [3.63, 3.8) is 0 Å². The van der Waals surface area contributed by atoms with Crippen LogP contribution < -0.4 is 15.5 Å². The zero-order chi connectivity index (χ0) is 20.5. The number of carbonyl (C=O) groups is 2. The van der Waals surface area contributed by atoms with E-state index < -0.39 is 11.7 Å². The summed E-state index contributed by atoms with van der Waals surface area (Å²) in [6, 6.07) is 7.15. The molecule has 2 aromatic rings. The van der Waals surface area contributed by atoms with Crippen LogP contribution in [0.2, 0.25) is 5.02 Å². The lowest BCUT2D eigenvalue weighted by Gasteiger charge is -2.31. The number of aromatic nitrogens is 1. The third kappa shape index (κ3) is 4.65. The molecule has 1 saturated heterocycles. The Balaban J connectivity index is 2.00. The Kier molecular flexibility index (Phi) is 5.65. The molecular weight excluding hydrogens is 380 g/mol. The fraction of sp³-hybridized carbons (Fsp3) is 0.450. The molecule has 0 aliphatic carbocycles. The number of nitrogens with zero attached hydrogens (tertiary/aromatic N) is 2. The van der Waals surface area contributed by atoms with Crippen LogP contribution in [-0.4, -0.2) is 42.2 Å². The van der Waals surface area contributed by atoms with Crippen molar-refractivity contribution >= 4 is 40.3 Å². The Hall–Kier alpha value is -2.54. The second-order valence-electron chi connectivity index (χ2n) is 7.85. The Morgan fingerprint density at radius 3 is 2.82 bits per heavy atom. The molecule has 0 unspecified atom stereocenters. The van der Waals surface area contributed by atoms with Gasteiger partial charge in [0.15, 0.2) is 0 Å². The minimum Gasteiger partial charge on any atom is -0.444 e. The van der Waals surface area contributed by atoms with E-state index in [9.17, 15) is 9.59 Å². The van der Waals surface area contributed by atoms with Crippen molar-refractivity contribution in [2.75, 3.05) is 24.5 Å². The molecule has 1 atom stereocenters. The predicted molar refractivity (Wildman–Crippen MR) is 110 cm³/mol. The van der Waals surface area contributed by atoms with Crippen LogP contribution in [0.4, 0.5) is 10.6 Å². The maximum Gasteiger partial charge on any atom is 0.408 e. The third-order valence-corrected chi connectivity index (χ3v) is 4.65. The lowest BCUT2D eigenvalue weighted by molar-refractivity contribution is -0.120. The normalized spacial score (nSPS) is 15.9. The van der Waals surface area contributed by atoms with E-state index in [4.69, 9.17) is 21.3 Å². The molecule has 2 heterocycles. The van der Waals surface area contributed by atoms with E-state index in [1.54, 1.807) is 6.07 Å². The second kappa shape index (κ2) is 7.83. The van der Waals surface area contributed by atoms with Crippen molar-refractivity contribution in [3.05, 3.63) is 34.9 Å². The van der Waals surface area contributed by atoms with Crippen LogP contribution in [0.25, 0.3) is 10.9 Å². The molecule has 1 aromatic carbocycles. The van der Waals surface area contributed by atoms with E-state index in [0.717, 1.165) is 10.9 Å². The molecule has 2 amide bonds. The minimum atomic E-state index is -0.591. The van der Waals surface area contributed by atoms with Gasteiger partial charge in [-0.2, -0.15) is 0 Å². The van der Waals surface area contributed by atoms with Crippen molar-refractivity contribution in [2.24, 2.45) is 0 Å². The van der Waals surface area contributed by atoms with Crippen LogP contribution in [0.15, 0.2) is 24.3 Å². The van der Waals surface area contributed by atoms with Gasteiger partial charge >= 0.3 is 6.09 Å². The topological polar surface area (TPSA) is 83.6 Å². The summed E-state index contributed by atoms with van der Waals surface area (Å²) in [5.41, 5.74) is 0.876. The number of amides is 2. The summed E-state index contributed by atoms with van der Waals surface area (Å²) >= 11 is 6.34. The van der Waals surface area contributed by atoms with E-state index in [1.807, 2.05) is 50.8 Å². The van der Waals surface area contributed by atoms with Gasteiger partial charge in [-0.05, 0) is 39.8 Å². The number of benzene rings is 1. The first-order valence-electron chi connectivity index (χ1n) is 9.24. The summed E-state index contributed by atoms with van der Waals surface area (Å²) in [5, 5.41) is 7.08. The molecular formula is C20H25ClN4O3. The van der Waals surface area contributed by atoms with Gasteiger partial charge in [0.05, 0.1) is 23.1 Å². The van der Waals surface area contributed by atoms with E-state index in [2.05, 4.69) is 10.6 Å². The molecule has 7 nitrogen and oxygen atoms in total. The summed E-state index contributed by atoms with van der Waals surface area (Å²) in [7, 11) is 0. The molecule has 0 bridgehead atoms. The molecule has 2 N–H and O–H groups in total. The minimum absolute atomic E-state index is 0.0639. The lowest BCUT2D eigenvalue weighted by atomic mass is 10.0. The average Bonchev–Trinajstić information content (AvgIpc) is 2.59. The van der Waals surface area contributed by atoms with Crippen molar-refractivity contribution in [1.29, 1.82) is 0 Å². The van der Waals surface area contributed by atoms with E-state index in [0.29, 0.717) is 29.4 Å². The summed E-state index contributed by atoms with van der Waals surface area (Å²) in [4.78, 5) is 30.8. The molecule has 3 rings (SSSR count). The first kappa shape index (κ1) is 20.2. The molecule has 1 aliphatic rings.